The molecule has 0 bridgehead atoms. The Hall–Kier alpha value is -1.62. The van der Waals surface area contributed by atoms with Crippen LogP contribution in [0.1, 0.15) is 12.0 Å². The van der Waals surface area contributed by atoms with E-state index in [1.807, 2.05) is 24.3 Å². The molecule has 20 heavy (non-hydrogen) atoms. The zero-order chi connectivity index (χ0) is 14.5. The van der Waals surface area contributed by atoms with Gasteiger partial charge in [0, 0.05) is 23.6 Å². The molecule has 1 aliphatic heterocycles. The van der Waals surface area contributed by atoms with Crippen LogP contribution in [-0.2, 0) is 14.3 Å². The van der Waals surface area contributed by atoms with Crippen molar-refractivity contribution in [2.45, 2.75) is 6.42 Å². The first kappa shape index (κ1) is 14.8. The number of esters is 1. The highest BCUT2D eigenvalue weighted by molar-refractivity contribution is 9.10. The maximum atomic E-state index is 12.1. The van der Waals surface area contributed by atoms with Crippen molar-refractivity contribution < 1.29 is 14.3 Å². The summed E-state index contributed by atoms with van der Waals surface area (Å²) in [5.41, 5.74) is 0.949. The lowest BCUT2D eigenvalue weighted by Crippen LogP contribution is -2.28. The number of hydrogen-bond donors (Lipinski definition) is 0. The third-order valence-electron chi connectivity index (χ3n) is 3.35. The number of carbonyl (C=O) groups excluding carboxylic acids is 2. The number of likely N-dealkylation sites (tertiary alicyclic amines) is 1. The topological polar surface area (TPSA) is 46.6 Å². The van der Waals surface area contributed by atoms with Gasteiger partial charge in [-0.15, -0.1) is 0 Å². The minimum atomic E-state index is -0.241. The minimum Gasteiger partial charge on any atom is -0.469 e. The fourth-order valence-corrected chi connectivity index (χ4v) is 2.61. The number of nitrogens with zero attached hydrogens (tertiary/aromatic N) is 1. The van der Waals surface area contributed by atoms with Crippen molar-refractivity contribution in [3.8, 4) is 0 Å². The number of benzene rings is 1. The summed E-state index contributed by atoms with van der Waals surface area (Å²) in [7, 11) is 1.37. The van der Waals surface area contributed by atoms with Gasteiger partial charge in [-0.2, -0.15) is 0 Å². The van der Waals surface area contributed by atoms with Gasteiger partial charge in [0.1, 0.15) is 0 Å². The second-order valence-corrected chi connectivity index (χ2v) is 5.50. The molecule has 4 nitrogen and oxygen atoms in total. The molecule has 5 heteroatoms. The van der Waals surface area contributed by atoms with E-state index in [0.29, 0.717) is 19.5 Å². The van der Waals surface area contributed by atoms with Crippen molar-refractivity contribution >= 4 is 33.9 Å². The molecule has 1 aromatic carbocycles. The largest absolute Gasteiger partial charge is 0.469 e. The van der Waals surface area contributed by atoms with Gasteiger partial charge in [0.15, 0.2) is 0 Å². The van der Waals surface area contributed by atoms with E-state index in [4.69, 9.17) is 4.74 Å². The van der Waals surface area contributed by atoms with Gasteiger partial charge in [-0.3, -0.25) is 9.59 Å². The molecule has 1 unspecified atom stereocenters. The molecule has 0 radical (unpaired) electrons. The van der Waals surface area contributed by atoms with Gasteiger partial charge in [0.05, 0.1) is 13.0 Å². The maximum Gasteiger partial charge on any atom is 0.310 e. The highest BCUT2D eigenvalue weighted by Crippen LogP contribution is 2.20. The van der Waals surface area contributed by atoms with E-state index in [-0.39, 0.29) is 17.8 Å². The number of hydrogen-bond acceptors (Lipinski definition) is 3. The van der Waals surface area contributed by atoms with Gasteiger partial charge in [-0.05, 0) is 24.1 Å². The van der Waals surface area contributed by atoms with E-state index in [1.54, 1.807) is 17.1 Å². The van der Waals surface area contributed by atoms with Crippen LogP contribution in [0.2, 0.25) is 0 Å². The predicted molar refractivity (Wildman–Crippen MR) is 79.9 cm³/mol. The van der Waals surface area contributed by atoms with Crippen LogP contribution in [0.3, 0.4) is 0 Å². The van der Waals surface area contributed by atoms with Crippen LogP contribution < -0.4 is 0 Å². The van der Waals surface area contributed by atoms with Crippen LogP contribution in [0.15, 0.2) is 34.8 Å². The Bertz CT molecular complexity index is 542. The summed E-state index contributed by atoms with van der Waals surface area (Å²) >= 11 is 3.43. The molecule has 0 spiro atoms. The van der Waals surface area contributed by atoms with Crippen molar-refractivity contribution in [2.75, 3.05) is 20.2 Å². The van der Waals surface area contributed by atoms with E-state index in [1.165, 1.54) is 7.11 Å². The van der Waals surface area contributed by atoms with Crippen LogP contribution in [0.4, 0.5) is 0 Å². The Morgan fingerprint density at radius 3 is 2.85 bits per heavy atom. The minimum absolute atomic E-state index is 0.0767. The van der Waals surface area contributed by atoms with Crippen LogP contribution in [-0.4, -0.2) is 37.0 Å². The van der Waals surface area contributed by atoms with Crippen molar-refractivity contribution in [3.05, 3.63) is 40.4 Å². The molecule has 1 saturated heterocycles. The van der Waals surface area contributed by atoms with Gasteiger partial charge >= 0.3 is 5.97 Å². The van der Waals surface area contributed by atoms with Gasteiger partial charge in [0.2, 0.25) is 5.91 Å². The fourth-order valence-electron chi connectivity index (χ4n) is 2.20. The van der Waals surface area contributed by atoms with E-state index in [2.05, 4.69) is 15.9 Å². The summed E-state index contributed by atoms with van der Waals surface area (Å²) < 4.78 is 5.65. The van der Waals surface area contributed by atoms with E-state index < -0.39 is 0 Å². The number of ether oxygens (including phenoxy) is 1. The van der Waals surface area contributed by atoms with Crippen LogP contribution in [0, 0.1) is 5.92 Å². The summed E-state index contributed by atoms with van der Waals surface area (Å²) in [5, 5.41) is 0. The first-order valence-corrected chi connectivity index (χ1v) is 7.20. The lowest BCUT2D eigenvalue weighted by molar-refractivity contribution is -0.145. The molecule has 0 N–H and O–H groups in total. The third-order valence-corrected chi connectivity index (χ3v) is 4.07. The monoisotopic (exact) mass is 337 g/mol. The number of carbonyl (C=O) groups is 2. The predicted octanol–water partition coefficient (Wildman–Crippen LogP) is 2.48. The quantitative estimate of drug-likeness (QED) is 0.628. The number of halogens is 1. The molecule has 1 fully saturated rings. The summed E-state index contributed by atoms with van der Waals surface area (Å²) in [5.74, 6) is -0.511. The number of amides is 1. The van der Waals surface area contributed by atoms with E-state index >= 15 is 0 Å². The average Bonchev–Trinajstić information content (AvgIpc) is 2.95. The lowest BCUT2D eigenvalue weighted by atomic mass is 10.1. The molecular formula is C15H16BrNO3. The molecule has 1 aromatic rings. The highest BCUT2D eigenvalue weighted by atomic mass is 79.9. The smallest absolute Gasteiger partial charge is 0.310 e. The van der Waals surface area contributed by atoms with Gasteiger partial charge in [0.25, 0.3) is 0 Å². The van der Waals surface area contributed by atoms with Gasteiger partial charge < -0.3 is 9.64 Å². The summed E-state index contributed by atoms with van der Waals surface area (Å²) in [4.78, 5) is 25.2. The molecule has 1 amide bonds. The Morgan fingerprint density at radius 2 is 2.15 bits per heavy atom. The molecule has 2 rings (SSSR count). The second kappa shape index (κ2) is 6.70. The molecule has 1 heterocycles. The van der Waals surface area contributed by atoms with Crippen LogP contribution in [0.25, 0.3) is 6.08 Å². The highest BCUT2D eigenvalue weighted by Gasteiger charge is 2.30. The van der Waals surface area contributed by atoms with Gasteiger partial charge in [-0.1, -0.05) is 34.1 Å². The van der Waals surface area contributed by atoms with Crippen LogP contribution in [0.5, 0.6) is 0 Å². The molecule has 1 aliphatic rings. The summed E-state index contributed by atoms with van der Waals surface area (Å²) in [6, 6.07) is 7.69. The summed E-state index contributed by atoms with van der Waals surface area (Å²) in [6.45, 7) is 1.03. The van der Waals surface area contributed by atoms with E-state index in [9.17, 15) is 9.59 Å². The molecule has 0 aromatic heterocycles. The second-order valence-electron chi connectivity index (χ2n) is 4.65. The number of rotatable bonds is 3. The first-order chi connectivity index (χ1) is 9.61. The zero-order valence-electron chi connectivity index (χ0n) is 11.2. The average molecular weight is 338 g/mol. The normalized spacial score (nSPS) is 18.5. The van der Waals surface area contributed by atoms with Crippen LogP contribution >= 0.6 is 15.9 Å². The zero-order valence-corrected chi connectivity index (χ0v) is 12.8. The Kier molecular flexibility index (Phi) is 4.95. The van der Waals surface area contributed by atoms with Crippen molar-refractivity contribution in [3.63, 3.8) is 0 Å². The SMILES string of the molecule is COC(=O)C1CCN(C(=O)/C=C/c2ccccc2Br)C1. The summed E-state index contributed by atoms with van der Waals surface area (Å²) in [6.07, 6.45) is 3.99. The third kappa shape index (κ3) is 3.48. The first-order valence-electron chi connectivity index (χ1n) is 6.41. The molecule has 0 saturated carbocycles. The van der Waals surface area contributed by atoms with Crippen molar-refractivity contribution in [1.82, 2.24) is 4.90 Å². The fraction of sp³-hybridized carbons (Fsp3) is 0.333. The maximum absolute atomic E-state index is 12.1. The number of methoxy groups -OCH3 is 1. The molecular weight excluding hydrogens is 322 g/mol. The Balaban J connectivity index is 1.96. The molecule has 1 atom stereocenters. The molecule has 0 aliphatic carbocycles. The van der Waals surface area contributed by atoms with Crippen molar-refractivity contribution in [1.29, 1.82) is 0 Å². The Labute approximate surface area is 126 Å². The van der Waals surface area contributed by atoms with E-state index in [0.717, 1.165) is 10.0 Å². The lowest BCUT2D eigenvalue weighted by Gasteiger charge is -2.13. The van der Waals surface area contributed by atoms with Crippen molar-refractivity contribution in [2.24, 2.45) is 5.92 Å². The van der Waals surface area contributed by atoms with Gasteiger partial charge in [-0.25, -0.2) is 0 Å². The standard InChI is InChI=1S/C15H16BrNO3/c1-20-15(19)12-8-9-17(10-12)14(18)7-6-11-4-2-3-5-13(11)16/h2-7,12H,8-10H2,1H3/b7-6+. The Morgan fingerprint density at radius 1 is 1.40 bits per heavy atom. The molecule has 106 valence electrons.